The topological polar surface area (TPSA) is 32.3 Å². The Morgan fingerprint density at radius 2 is 1.91 bits per heavy atom. The van der Waals surface area contributed by atoms with E-state index < -0.39 is 5.82 Å². The van der Waals surface area contributed by atoms with Crippen LogP contribution >= 0.6 is 0 Å². The number of benzene rings is 1. The van der Waals surface area contributed by atoms with Gasteiger partial charge < -0.3 is 10.2 Å². The molecule has 23 heavy (non-hydrogen) atoms. The first kappa shape index (κ1) is 16.4. The largest absolute Gasteiger partial charge is 0.382 e. The number of piperidine rings is 1. The lowest BCUT2D eigenvalue weighted by Crippen LogP contribution is -2.41. The summed E-state index contributed by atoms with van der Waals surface area (Å²) in [7, 11) is 0. The van der Waals surface area contributed by atoms with E-state index in [1.807, 2.05) is 6.07 Å². The van der Waals surface area contributed by atoms with Crippen molar-refractivity contribution >= 4 is 11.5 Å². The van der Waals surface area contributed by atoms with Crippen LogP contribution in [-0.2, 0) is 0 Å². The van der Waals surface area contributed by atoms with E-state index >= 15 is 0 Å². The molecule has 1 aromatic carbocycles. The van der Waals surface area contributed by atoms with Crippen LogP contribution in [-0.4, -0.2) is 36.4 Å². The molecule has 2 fully saturated rings. The molecule has 1 heterocycles. The van der Waals surface area contributed by atoms with Gasteiger partial charge in [0.2, 0.25) is 0 Å². The predicted molar refractivity (Wildman–Crippen MR) is 91.4 cm³/mol. The predicted octanol–water partition coefficient (Wildman–Crippen LogP) is 4.09. The lowest BCUT2D eigenvalue weighted by Gasteiger charge is -2.34. The Morgan fingerprint density at radius 3 is 2.57 bits per heavy atom. The second-order valence-electron chi connectivity index (χ2n) is 7.09. The number of carbonyl (C=O) groups is 1. The Kier molecular flexibility index (Phi) is 5.31. The molecule has 4 heteroatoms. The van der Waals surface area contributed by atoms with Gasteiger partial charge in [-0.15, -0.1) is 0 Å². The molecule has 1 aliphatic carbocycles. The van der Waals surface area contributed by atoms with E-state index in [2.05, 4.69) is 10.2 Å². The van der Waals surface area contributed by atoms with E-state index in [4.69, 9.17) is 0 Å². The monoisotopic (exact) mass is 318 g/mol. The van der Waals surface area contributed by atoms with Gasteiger partial charge in [-0.2, -0.15) is 0 Å². The van der Waals surface area contributed by atoms with Crippen LogP contribution < -0.4 is 5.32 Å². The van der Waals surface area contributed by atoms with E-state index in [1.165, 1.54) is 45.2 Å². The fraction of sp³-hybridized carbons (Fsp3) is 0.632. The first-order valence-electron chi connectivity index (χ1n) is 8.92. The van der Waals surface area contributed by atoms with Crippen molar-refractivity contribution < 1.29 is 9.18 Å². The number of nitrogens with one attached hydrogen (secondary N) is 1. The van der Waals surface area contributed by atoms with Gasteiger partial charge >= 0.3 is 0 Å². The highest BCUT2D eigenvalue weighted by molar-refractivity contribution is 5.99. The molecule has 0 aromatic heterocycles. The maximum atomic E-state index is 13.9. The van der Waals surface area contributed by atoms with E-state index in [9.17, 15) is 9.18 Å². The van der Waals surface area contributed by atoms with Crippen LogP contribution in [0.15, 0.2) is 18.2 Å². The van der Waals surface area contributed by atoms with Gasteiger partial charge in [0.05, 0.1) is 5.56 Å². The second-order valence-corrected chi connectivity index (χ2v) is 7.09. The van der Waals surface area contributed by atoms with Crippen molar-refractivity contribution in [1.82, 2.24) is 4.90 Å². The lowest BCUT2D eigenvalue weighted by molar-refractivity contribution is 0.101. The molecule has 1 saturated heterocycles. The van der Waals surface area contributed by atoms with Gasteiger partial charge in [-0.3, -0.25) is 4.79 Å². The molecule has 1 saturated carbocycles. The van der Waals surface area contributed by atoms with Crippen LogP contribution in [0, 0.1) is 11.7 Å². The highest BCUT2D eigenvalue weighted by Gasteiger charge is 2.24. The number of rotatable bonds is 5. The minimum absolute atomic E-state index is 0.195. The number of halogens is 1. The zero-order valence-corrected chi connectivity index (χ0v) is 14.0. The number of nitrogens with zero attached hydrogens (tertiary/aromatic N) is 1. The van der Waals surface area contributed by atoms with Crippen LogP contribution in [0.3, 0.4) is 0 Å². The minimum atomic E-state index is -0.429. The molecule has 1 aromatic rings. The molecule has 0 bridgehead atoms. The minimum Gasteiger partial charge on any atom is -0.382 e. The van der Waals surface area contributed by atoms with E-state index in [1.54, 1.807) is 6.07 Å². The maximum absolute atomic E-state index is 13.9. The third-order valence-corrected chi connectivity index (χ3v) is 5.30. The van der Waals surface area contributed by atoms with Crippen molar-refractivity contribution in [2.45, 2.75) is 51.5 Å². The number of likely N-dealkylation sites (tertiary alicyclic amines) is 1. The van der Waals surface area contributed by atoms with Gasteiger partial charge in [-0.05, 0) is 50.7 Å². The van der Waals surface area contributed by atoms with E-state index in [0.717, 1.165) is 31.8 Å². The maximum Gasteiger partial charge on any atom is 0.164 e. The second kappa shape index (κ2) is 7.43. The van der Waals surface area contributed by atoms with E-state index in [-0.39, 0.29) is 11.3 Å². The number of Topliss-reactive ketones (excluding diaryl/α,β-unsaturated/α-hetero) is 1. The van der Waals surface area contributed by atoms with E-state index in [0.29, 0.717) is 11.7 Å². The summed E-state index contributed by atoms with van der Waals surface area (Å²) < 4.78 is 13.9. The van der Waals surface area contributed by atoms with Crippen molar-refractivity contribution in [3.05, 3.63) is 29.6 Å². The molecule has 1 aliphatic heterocycles. The summed E-state index contributed by atoms with van der Waals surface area (Å²) in [6.07, 6.45) is 7.69. The Balaban J connectivity index is 1.54. The Hall–Kier alpha value is -1.42. The molecule has 126 valence electrons. The highest BCUT2D eigenvalue weighted by atomic mass is 19.1. The molecule has 0 radical (unpaired) electrons. The summed E-state index contributed by atoms with van der Waals surface area (Å²) >= 11 is 0. The normalized spacial score (nSPS) is 20.8. The zero-order valence-electron chi connectivity index (χ0n) is 14.0. The SMILES string of the molecule is CC(=O)c1c(F)cccc1NC1CCN(CC2CCCC2)CC1. The molecule has 3 nitrogen and oxygen atoms in total. The number of anilines is 1. The average molecular weight is 318 g/mol. The summed E-state index contributed by atoms with van der Waals surface area (Å²) in [5.41, 5.74) is 0.840. The Labute approximate surface area is 138 Å². The van der Waals surface area contributed by atoms with Gasteiger partial charge in [0, 0.05) is 31.4 Å². The van der Waals surface area contributed by atoms with Crippen LogP contribution in [0.5, 0.6) is 0 Å². The quantitative estimate of drug-likeness (QED) is 0.830. The fourth-order valence-corrected chi connectivity index (χ4v) is 4.04. The van der Waals surface area contributed by atoms with Crippen LogP contribution in [0.2, 0.25) is 0 Å². The molecule has 0 amide bonds. The summed E-state index contributed by atoms with van der Waals surface area (Å²) in [4.78, 5) is 14.3. The molecule has 1 N–H and O–H groups in total. The summed E-state index contributed by atoms with van der Waals surface area (Å²) in [5.74, 6) is 0.248. The molecule has 0 atom stereocenters. The van der Waals surface area contributed by atoms with Gasteiger partial charge in [-0.25, -0.2) is 4.39 Å². The molecular weight excluding hydrogens is 291 g/mol. The summed E-state index contributed by atoms with van der Waals surface area (Å²) in [6.45, 7) is 4.86. The van der Waals surface area contributed by atoms with Crippen molar-refractivity contribution in [2.75, 3.05) is 25.0 Å². The van der Waals surface area contributed by atoms with Crippen molar-refractivity contribution in [3.8, 4) is 0 Å². The Bertz CT molecular complexity index is 546. The average Bonchev–Trinajstić information content (AvgIpc) is 3.02. The summed E-state index contributed by atoms with van der Waals surface area (Å²) in [5, 5.41) is 3.40. The smallest absolute Gasteiger partial charge is 0.164 e. The first-order valence-corrected chi connectivity index (χ1v) is 8.92. The first-order chi connectivity index (χ1) is 11.1. The van der Waals surface area contributed by atoms with Gasteiger partial charge in [0.25, 0.3) is 0 Å². The third-order valence-electron chi connectivity index (χ3n) is 5.30. The van der Waals surface area contributed by atoms with Crippen molar-refractivity contribution in [2.24, 2.45) is 5.92 Å². The molecule has 0 spiro atoms. The molecule has 0 unspecified atom stereocenters. The standard InChI is InChI=1S/C19H27FN2O/c1-14(23)19-17(20)7-4-8-18(19)21-16-9-11-22(12-10-16)13-15-5-2-3-6-15/h4,7-8,15-16,21H,2-3,5-6,9-13H2,1H3. The summed E-state index contributed by atoms with van der Waals surface area (Å²) in [6, 6.07) is 5.16. The number of hydrogen-bond acceptors (Lipinski definition) is 3. The van der Waals surface area contributed by atoms with Gasteiger partial charge in [-0.1, -0.05) is 18.9 Å². The highest BCUT2D eigenvalue weighted by Crippen LogP contribution is 2.27. The van der Waals surface area contributed by atoms with Crippen LogP contribution in [0.4, 0.5) is 10.1 Å². The fourth-order valence-electron chi connectivity index (χ4n) is 4.04. The van der Waals surface area contributed by atoms with Crippen molar-refractivity contribution in [3.63, 3.8) is 0 Å². The third kappa shape index (κ3) is 4.11. The van der Waals surface area contributed by atoms with Gasteiger partial charge in [0.1, 0.15) is 5.82 Å². The lowest BCUT2D eigenvalue weighted by atomic mass is 10.0. The molecule has 2 aliphatic rings. The number of carbonyl (C=O) groups excluding carboxylic acids is 1. The van der Waals surface area contributed by atoms with Crippen LogP contribution in [0.25, 0.3) is 0 Å². The zero-order chi connectivity index (χ0) is 16.2. The van der Waals surface area contributed by atoms with Crippen LogP contribution in [0.1, 0.15) is 55.8 Å². The molecular formula is C19H27FN2O. The Morgan fingerprint density at radius 1 is 1.22 bits per heavy atom. The van der Waals surface area contributed by atoms with Crippen molar-refractivity contribution in [1.29, 1.82) is 0 Å². The molecule has 3 rings (SSSR count). The number of ketones is 1. The number of hydrogen-bond donors (Lipinski definition) is 1. The van der Waals surface area contributed by atoms with Gasteiger partial charge in [0.15, 0.2) is 5.78 Å².